The molecule has 114 valence electrons. The molecule has 21 heavy (non-hydrogen) atoms. The van der Waals surface area contributed by atoms with Gasteiger partial charge in [0, 0.05) is 6.92 Å². The molecule has 0 heterocycles. The maximum Gasteiger partial charge on any atom is 0.243 e. The molecule has 0 spiro atoms. The van der Waals surface area contributed by atoms with Crippen LogP contribution in [0.5, 0.6) is 0 Å². The maximum atomic E-state index is 12.5. The monoisotopic (exact) mass is 288 g/mol. The number of amides is 2. The van der Waals surface area contributed by atoms with Crippen LogP contribution in [-0.2, 0) is 16.0 Å². The fraction of sp³-hybridized carbons (Fsp3) is 0.529. The van der Waals surface area contributed by atoms with E-state index >= 15 is 0 Å². The van der Waals surface area contributed by atoms with Gasteiger partial charge in [-0.1, -0.05) is 38.1 Å². The van der Waals surface area contributed by atoms with Crippen molar-refractivity contribution in [3.05, 3.63) is 35.4 Å². The Morgan fingerprint density at radius 1 is 1.24 bits per heavy atom. The first-order valence-electron chi connectivity index (χ1n) is 7.64. The van der Waals surface area contributed by atoms with Crippen LogP contribution >= 0.6 is 0 Å². The third-order valence-corrected chi connectivity index (χ3v) is 3.99. The predicted molar refractivity (Wildman–Crippen MR) is 82.7 cm³/mol. The summed E-state index contributed by atoms with van der Waals surface area (Å²) in [6.45, 7) is 5.32. The molecule has 2 N–H and O–H groups in total. The van der Waals surface area contributed by atoms with Crippen LogP contribution in [0.15, 0.2) is 24.3 Å². The van der Waals surface area contributed by atoms with E-state index in [0.29, 0.717) is 0 Å². The smallest absolute Gasteiger partial charge is 0.243 e. The number of hydrogen-bond donors (Lipinski definition) is 2. The van der Waals surface area contributed by atoms with E-state index in [4.69, 9.17) is 0 Å². The summed E-state index contributed by atoms with van der Waals surface area (Å²) in [7, 11) is 0. The largest absolute Gasteiger partial charge is 0.347 e. The number of nitrogens with one attached hydrogen (secondary N) is 2. The predicted octanol–water partition coefficient (Wildman–Crippen LogP) is 2.34. The molecule has 4 nitrogen and oxygen atoms in total. The quantitative estimate of drug-likeness (QED) is 0.893. The van der Waals surface area contributed by atoms with Gasteiger partial charge in [-0.2, -0.15) is 0 Å². The zero-order chi connectivity index (χ0) is 15.4. The fourth-order valence-electron chi connectivity index (χ4n) is 2.92. The van der Waals surface area contributed by atoms with Crippen molar-refractivity contribution in [2.24, 2.45) is 5.92 Å². The van der Waals surface area contributed by atoms with Crippen molar-refractivity contribution < 1.29 is 9.59 Å². The number of carbonyl (C=O) groups excluding carboxylic acids is 2. The Labute approximate surface area is 126 Å². The Hall–Kier alpha value is -1.84. The van der Waals surface area contributed by atoms with Crippen LogP contribution in [0.2, 0.25) is 0 Å². The van der Waals surface area contributed by atoms with Gasteiger partial charge in [-0.15, -0.1) is 0 Å². The minimum absolute atomic E-state index is 0.0532. The molecule has 0 radical (unpaired) electrons. The van der Waals surface area contributed by atoms with Gasteiger partial charge in [0.25, 0.3) is 0 Å². The summed E-state index contributed by atoms with van der Waals surface area (Å²) in [5, 5.41) is 5.85. The Morgan fingerprint density at radius 2 is 1.95 bits per heavy atom. The second kappa shape index (κ2) is 6.74. The lowest BCUT2D eigenvalue weighted by Crippen LogP contribution is -2.50. The highest BCUT2D eigenvalue weighted by Crippen LogP contribution is 2.29. The van der Waals surface area contributed by atoms with Crippen LogP contribution in [0.25, 0.3) is 0 Å². The van der Waals surface area contributed by atoms with Crippen molar-refractivity contribution >= 4 is 11.8 Å². The van der Waals surface area contributed by atoms with Gasteiger partial charge in [0.15, 0.2) is 0 Å². The number of carbonyl (C=O) groups is 2. The molecular weight excluding hydrogens is 264 g/mol. The topological polar surface area (TPSA) is 58.2 Å². The van der Waals surface area contributed by atoms with Gasteiger partial charge in [-0.05, 0) is 36.3 Å². The molecule has 0 aliphatic heterocycles. The molecule has 1 aromatic carbocycles. The number of aryl methyl sites for hydroxylation is 1. The highest BCUT2D eigenvalue weighted by Gasteiger charge is 2.27. The maximum absolute atomic E-state index is 12.5. The Kier molecular flexibility index (Phi) is 4.99. The molecule has 2 atom stereocenters. The van der Waals surface area contributed by atoms with Crippen LogP contribution in [-0.4, -0.2) is 17.9 Å². The van der Waals surface area contributed by atoms with E-state index in [2.05, 4.69) is 22.8 Å². The summed E-state index contributed by atoms with van der Waals surface area (Å²) in [6, 6.07) is 7.84. The molecule has 2 amide bonds. The third kappa shape index (κ3) is 3.84. The Morgan fingerprint density at radius 3 is 2.62 bits per heavy atom. The zero-order valence-electron chi connectivity index (χ0n) is 13.0. The standard InChI is InChI=1S/C17H24N2O2/c1-11(2)16(18-12(3)20)17(21)19-15-10-6-8-13-7-4-5-9-14(13)15/h4-5,7,9,11,15-16H,6,8,10H2,1-3H3,(H,18,20)(H,19,21)/t15-,16-/m0/s1. The Balaban J connectivity index is 2.10. The molecule has 0 aromatic heterocycles. The van der Waals surface area contributed by atoms with Crippen LogP contribution in [0.3, 0.4) is 0 Å². The number of benzene rings is 1. The molecule has 2 rings (SSSR count). The first-order chi connectivity index (χ1) is 9.99. The van der Waals surface area contributed by atoms with E-state index in [1.165, 1.54) is 18.1 Å². The fourth-order valence-corrected chi connectivity index (χ4v) is 2.92. The van der Waals surface area contributed by atoms with Crippen LogP contribution in [0.4, 0.5) is 0 Å². The van der Waals surface area contributed by atoms with E-state index in [1.807, 2.05) is 26.0 Å². The van der Waals surface area contributed by atoms with Crippen molar-refractivity contribution in [1.29, 1.82) is 0 Å². The SMILES string of the molecule is CC(=O)N[C@H](C(=O)N[C@H]1CCCc2ccccc21)C(C)C. The van der Waals surface area contributed by atoms with Crippen molar-refractivity contribution in [3.63, 3.8) is 0 Å². The number of fused-ring (bicyclic) bond motifs is 1. The van der Waals surface area contributed by atoms with E-state index in [0.717, 1.165) is 19.3 Å². The molecule has 0 saturated heterocycles. The number of hydrogen-bond acceptors (Lipinski definition) is 2. The Bertz CT molecular complexity index is 525. The molecule has 1 aromatic rings. The highest BCUT2D eigenvalue weighted by molar-refractivity contribution is 5.87. The summed E-state index contributed by atoms with van der Waals surface area (Å²) >= 11 is 0. The van der Waals surface area contributed by atoms with Crippen LogP contribution < -0.4 is 10.6 Å². The summed E-state index contributed by atoms with van der Waals surface area (Å²) in [6.07, 6.45) is 3.10. The van der Waals surface area contributed by atoms with E-state index in [9.17, 15) is 9.59 Å². The van der Waals surface area contributed by atoms with Gasteiger partial charge in [-0.3, -0.25) is 9.59 Å². The van der Waals surface area contributed by atoms with Gasteiger partial charge in [-0.25, -0.2) is 0 Å². The van der Waals surface area contributed by atoms with Crippen molar-refractivity contribution in [1.82, 2.24) is 10.6 Å². The first kappa shape index (κ1) is 15.5. The lowest BCUT2D eigenvalue weighted by Gasteiger charge is -2.29. The second-order valence-electron chi connectivity index (χ2n) is 6.07. The normalized spacial score (nSPS) is 18.8. The highest BCUT2D eigenvalue weighted by atomic mass is 16.2. The molecule has 0 fully saturated rings. The van der Waals surface area contributed by atoms with Gasteiger partial charge in [0.05, 0.1) is 6.04 Å². The van der Waals surface area contributed by atoms with E-state index < -0.39 is 6.04 Å². The average Bonchev–Trinajstić information content (AvgIpc) is 2.44. The van der Waals surface area contributed by atoms with Gasteiger partial charge in [0.1, 0.15) is 6.04 Å². The minimum atomic E-state index is -0.475. The van der Waals surface area contributed by atoms with Crippen molar-refractivity contribution in [2.45, 2.75) is 52.1 Å². The van der Waals surface area contributed by atoms with E-state index in [1.54, 1.807) is 0 Å². The molecular formula is C17H24N2O2. The molecule has 1 aliphatic rings. The molecule has 0 bridgehead atoms. The van der Waals surface area contributed by atoms with Crippen molar-refractivity contribution in [2.75, 3.05) is 0 Å². The molecule has 0 unspecified atom stereocenters. The van der Waals surface area contributed by atoms with Gasteiger partial charge in [0.2, 0.25) is 11.8 Å². The van der Waals surface area contributed by atoms with Gasteiger partial charge < -0.3 is 10.6 Å². The lowest BCUT2D eigenvalue weighted by atomic mass is 9.87. The average molecular weight is 288 g/mol. The first-order valence-corrected chi connectivity index (χ1v) is 7.64. The van der Waals surface area contributed by atoms with Crippen LogP contribution in [0, 0.1) is 5.92 Å². The second-order valence-corrected chi connectivity index (χ2v) is 6.07. The van der Waals surface area contributed by atoms with E-state index in [-0.39, 0.29) is 23.8 Å². The summed E-state index contributed by atoms with van der Waals surface area (Å²) in [5.74, 6) is -0.206. The van der Waals surface area contributed by atoms with Gasteiger partial charge >= 0.3 is 0 Å². The minimum Gasteiger partial charge on any atom is -0.347 e. The van der Waals surface area contributed by atoms with Crippen molar-refractivity contribution in [3.8, 4) is 0 Å². The number of rotatable bonds is 4. The molecule has 0 saturated carbocycles. The zero-order valence-corrected chi connectivity index (χ0v) is 13.0. The third-order valence-electron chi connectivity index (χ3n) is 3.99. The molecule has 1 aliphatic carbocycles. The summed E-state index contributed by atoms with van der Waals surface area (Å²) < 4.78 is 0. The summed E-state index contributed by atoms with van der Waals surface area (Å²) in [4.78, 5) is 23.7. The lowest BCUT2D eigenvalue weighted by molar-refractivity contribution is -0.129. The summed E-state index contributed by atoms with van der Waals surface area (Å²) in [5.41, 5.74) is 2.53. The molecule has 4 heteroatoms. The van der Waals surface area contributed by atoms with Crippen LogP contribution in [0.1, 0.15) is 50.8 Å².